The topological polar surface area (TPSA) is 61.9 Å². The van der Waals surface area contributed by atoms with Gasteiger partial charge in [0.25, 0.3) is 5.91 Å². The van der Waals surface area contributed by atoms with E-state index in [9.17, 15) is 4.79 Å². The summed E-state index contributed by atoms with van der Waals surface area (Å²) in [4.78, 5) is 18.0. The van der Waals surface area contributed by atoms with Crippen molar-refractivity contribution in [2.45, 2.75) is 20.4 Å². The zero-order chi connectivity index (χ0) is 14.0. The third-order valence-corrected chi connectivity index (χ3v) is 3.64. The van der Waals surface area contributed by atoms with Gasteiger partial charge in [-0.05, 0) is 31.5 Å². The number of nitrogens with one attached hydrogen (secondary N) is 1. The molecule has 19 heavy (non-hydrogen) atoms. The highest BCUT2D eigenvalue weighted by Gasteiger charge is 2.14. The van der Waals surface area contributed by atoms with Crippen LogP contribution >= 0.6 is 15.9 Å². The molecular weight excluding hydrogens is 308 g/mol. The summed E-state index contributed by atoms with van der Waals surface area (Å²) in [6, 6.07) is 5.57. The van der Waals surface area contributed by atoms with E-state index in [0.29, 0.717) is 17.9 Å². The predicted molar refractivity (Wildman–Crippen MR) is 75.8 cm³/mol. The first-order valence-corrected chi connectivity index (χ1v) is 6.66. The summed E-state index contributed by atoms with van der Waals surface area (Å²) in [5, 5.41) is 6.79. The van der Waals surface area contributed by atoms with Crippen LogP contribution in [0.15, 0.2) is 22.7 Å². The third-order valence-electron chi connectivity index (χ3n) is 2.79. The van der Waals surface area contributed by atoms with Crippen LogP contribution in [-0.4, -0.2) is 33.0 Å². The molecule has 0 radical (unpaired) electrons. The van der Waals surface area contributed by atoms with Gasteiger partial charge in [0.2, 0.25) is 0 Å². The van der Waals surface area contributed by atoms with Crippen molar-refractivity contribution in [3.8, 4) is 0 Å². The number of aryl methyl sites for hydroxylation is 2. The Morgan fingerprint density at radius 3 is 2.74 bits per heavy atom. The Morgan fingerprint density at radius 1 is 1.42 bits per heavy atom. The Morgan fingerprint density at radius 2 is 2.16 bits per heavy atom. The Kier molecular flexibility index (Phi) is 3.99. The molecule has 5 nitrogen and oxygen atoms in total. The third kappa shape index (κ3) is 3.20. The van der Waals surface area contributed by atoms with Crippen molar-refractivity contribution < 1.29 is 4.79 Å². The molecule has 0 saturated carbocycles. The van der Waals surface area contributed by atoms with Crippen LogP contribution in [-0.2, 0) is 6.54 Å². The standard InChI is InChI=1S/C13H15BrN4O/c1-8-4-5-10(6-11(8)14)13(19)18(3)7-12-15-9(2)16-17-12/h4-6H,7H2,1-3H3,(H,15,16,17). The summed E-state index contributed by atoms with van der Waals surface area (Å²) in [6.45, 7) is 4.20. The van der Waals surface area contributed by atoms with Crippen LogP contribution in [0.4, 0.5) is 0 Å². The molecule has 0 saturated heterocycles. The first-order chi connectivity index (χ1) is 8.97. The summed E-state index contributed by atoms with van der Waals surface area (Å²) in [5.41, 5.74) is 1.75. The van der Waals surface area contributed by atoms with Gasteiger partial charge in [-0.1, -0.05) is 22.0 Å². The van der Waals surface area contributed by atoms with Gasteiger partial charge in [0.1, 0.15) is 5.82 Å². The number of halogens is 1. The van der Waals surface area contributed by atoms with Gasteiger partial charge in [-0.15, -0.1) is 0 Å². The lowest BCUT2D eigenvalue weighted by Gasteiger charge is -2.15. The number of rotatable bonds is 3. The number of aromatic nitrogens is 3. The van der Waals surface area contributed by atoms with Crippen LogP contribution in [0.3, 0.4) is 0 Å². The van der Waals surface area contributed by atoms with Crippen LogP contribution in [0.25, 0.3) is 0 Å². The number of hydrogen-bond donors (Lipinski definition) is 1. The largest absolute Gasteiger partial charge is 0.334 e. The molecule has 0 fully saturated rings. The quantitative estimate of drug-likeness (QED) is 0.944. The number of carbonyl (C=O) groups excluding carboxylic acids is 1. The van der Waals surface area contributed by atoms with Crippen molar-refractivity contribution >= 4 is 21.8 Å². The summed E-state index contributed by atoms with van der Waals surface area (Å²) >= 11 is 3.43. The SMILES string of the molecule is Cc1nc(CN(C)C(=O)c2ccc(C)c(Br)c2)n[nH]1. The Bertz CT molecular complexity index is 608. The van der Waals surface area contributed by atoms with Gasteiger partial charge in [0, 0.05) is 17.1 Å². The van der Waals surface area contributed by atoms with E-state index in [4.69, 9.17) is 0 Å². The van der Waals surface area contributed by atoms with E-state index >= 15 is 0 Å². The van der Waals surface area contributed by atoms with Crippen molar-refractivity contribution in [2.24, 2.45) is 0 Å². The van der Waals surface area contributed by atoms with Crippen molar-refractivity contribution in [1.29, 1.82) is 0 Å². The first kappa shape index (κ1) is 13.7. The number of aromatic amines is 1. The highest BCUT2D eigenvalue weighted by Crippen LogP contribution is 2.18. The minimum Gasteiger partial charge on any atom is -0.334 e. The fraction of sp³-hybridized carbons (Fsp3) is 0.308. The van der Waals surface area contributed by atoms with Crippen molar-refractivity contribution in [1.82, 2.24) is 20.1 Å². The summed E-state index contributed by atoms with van der Waals surface area (Å²) in [7, 11) is 1.74. The molecule has 0 bridgehead atoms. The number of amides is 1. The second-order valence-corrected chi connectivity index (χ2v) is 5.32. The number of hydrogen-bond acceptors (Lipinski definition) is 3. The molecular formula is C13H15BrN4O. The summed E-state index contributed by atoms with van der Waals surface area (Å²) in [5.74, 6) is 1.30. The van der Waals surface area contributed by atoms with E-state index in [1.54, 1.807) is 11.9 Å². The molecule has 2 aromatic rings. The molecule has 1 N–H and O–H groups in total. The maximum atomic E-state index is 12.3. The molecule has 0 spiro atoms. The van der Waals surface area contributed by atoms with Gasteiger partial charge < -0.3 is 4.90 Å². The van der Waals surface area contributed by atoms with E-state index in [0.717, 1.165) is 15.9 Å². The lowest BCUT2D eigenvalue weighted by Crippen LogP contribution is -2.26. The molecule has 1 amide bonds. The lowest BCUT2D eigenvalue weighted by molar-refractivity contribution is 0.0781. The lowest BCUT2D eigenvalue weighted by atomic mass is 10.1. The smallest absolute Gasteiger partial charge is 0.254 e. The number of nitrogens with zero attached hydrogens (tertiary/aromatic N) is 3. The van der Waals surface area contributed by atoms with Crippen LogP contribution in [0.2, 0.25) is 0 Å². The van der Waals surface area contributed by atoms with Crippen LogP contribution in [0, 0.1) is 13.8 Å². The van der Waals surface area contributed by atoms with E-state index in [-0.39, 0.29) is 5.91 Å². The van der Waals surface area contributed by atoms with Crippen LogP contribution in [0.5, 0.6) is 0 Å². The summed E-state index contributed by atoms with van der Waals surface area (Å²) < 4.78 is 0.931. The molecule has 1 heterocycles. The van der Waals surface area contributed by atoms with Gasteiger partial charge in [-0.3, -0.25) is 9.89 Å². The van der Waals surface area contributed by atoms with E-state index in [2.05, 4.69) is 31.1 Å². The highest BCUT2D eigenvalue weighted by molar-refractivity contribution is 9.10. The summed E-state index contributed by atoms with van der Waals surface area (Å²) in [6.07, 6.45) is 0. The average Bonchev–Trinajstić information content (AvgIpc) is 2.77. The fourth-order valence-corrected chi connectivity index (χ4v) is 2.07. The second kappa shape index (κ2) is 5.52. The van der Waals surface area contributed by atoms with Crippen molar-refractivity contribution in [3.63, 3.8) is 0 Å². The van der Waals surface area contributed by atoms with E-state index in [1.807, 2.05) is 32.0 Å². The molecule has 0 aliphatic carbocycles. The maximum Gasteiger partial charge on any atom is 0.254 e. The normalized spacial score (nSPS) is 10.5. The molecule has 6 heteroatoms. The van der Waals surface area contributed by atoms with Crippen molar-refractivity contribution in [3.05, 3.63) is 45.4 Å². The molecule has 0 atom stereocenters. The minimum atomic E-state index is -0.0526. The average molecular weight is 323 g/mol. The Labute approximate surface area is 120 Å². The van der Waals surface area contributed by atoms with Gasteiger partial charge in [0.15, 0.2) is 5.82 Å². The zero-order valence-electron chi connectivity index (χ0n) is 11.1. The molecule has 1 aromatic carbocycles. The van der Waals surface area contributed by atoms with Gasteiger partial charge >= 0.3 is 0 Å². The number of benzene rings is 1. The molecule has 0 aliphatic rings. The van der Waals surface area contributed by atoms with Crippen LogP contribution in [0.1, 0.15) is 27.6 Å². The molecule has 100 valence electrons. The van der Waals surface area contributed by atoms with E-state index < -0.39 is 0 Å². The number of carbonyl (C=O) groups is 1. The number of H-pyrrole nitrogens is 1. The Balaban J connectivity index is 2.12. The first-order valence-electron chi connectivity index (χ1n) is 5.87. The zero-order valence-corrected chi connectivity index (χ0v) is 12.7. The Hall–Kier alpha value is -1.69. The fourth-order valence-electron chi connectivity index (χ4n) is 1.69. The second-order valence-electron chi connectivity index (χ2n) is 4.46. The van der Waals surface area contributed by atoms with Gasteiger partial charge in [0.05, 0.1) is 6.54 Å². The van der Waals surface area contributed by atoms with Gasteiger partial charge in [-0.2, -0.15) is 5.10 Å². The van der Waals surface area contributed by atoms with E-state index in [1.165, 1.54) is 0 Å². The molecule has 0 unspecified atom stereocenters. The minimum absolute atomic E-state index is 0.0526. The highest BCUT2D eigenvalue weighted by atomic mass is 79.9. The molecule has 2 rings (SSSR count). The molecule has 0 aliphatic heterocycles. The van der Waals surface area contributed by atoms with Crippen LogP contribution < -0.4 is 0 Å². The predicted octanol–water partition coefficient (Wildman–Crippen LogP) is 2.46. The monoisotopic (exact) mass is 322 g/mol. The maximum absolute atomic E-state index is 12.3. The van der Waals surface area contributed by atoms with Gasteiger partial charge in [-0.25, -0.2) is 4.98 Å². The van der Waals surface area contributed by atoms with Crippen molar-refractivity contribution in [2.75, 3.05) is 7.05 Å². The molecule has 1 aromatic heterocycles.